The first kappa shape index (κ1) is 14.7. The summed E-state index contributed by atoms with van der Waals surface area (Å²) in [7, 11) is 0. The molecule has 6 heteroatoms. The summed E-state index contributed by atoms with van der Waals surface area (Å²) in [4.78, 5) is 9.22. The molecule has 1 N–H and O–H groups in total. The molecule has 0 atom stereocenters. The number of aromatic nitrogens is 2. The number of thiophene rings is 1. The van der Waals surface area contributed by atoms with E-state index in [0.717, 1.165) is 11.4 Å². The molecule has 1 fully saturated rings. The fraction of sp³-hybridized carbons (Fsp3) is 0.600. The minimum absolute atomic E-state index is 0.0340. The molecular weight excluding hydrogens is 286 g/mol. The van der Waals surface area contributed by atoms with Crippen LogP contribution in [0.15, 0.2) is 16.7 Å². The third kappa shape index (κ3) is 3.90. The predicted octanol–water partition coefficient (Wildman–Crippen LogP) is 2.71. The summed E-state index contributed by atoms with van der Waals surface area (Å²) >= 11 is 1.73. The maximum Gasteiger partial charge on any atom is 0.229 e. The number of aliphatic hydroxyl groups is 1. The summed E-state index contributed by atoms with van der Waals surface area (Å²) in [5, 5.41) is 12.9. The number of nitrogens with zero attached hydrogens (tertiary/aromatic N) is 3. The third-order valence-electron chi connectivity index (χ3n) is 3.75. The Balaban J connectivity index is 1.64. The monoisotopic (exact) mass is 307 g/mol. The van der Waals surface area contributed by atoms with Gasteiger partial charge in [-0.15, -0.1) is 11.3 Å². The van der Waals surface area contributed by atoms with Gasteiger partial charge in [0.2, 0.25) is 11.7 Å². The van der Waals surface area contributed by atoms with Gasteiger partial charge < -0.3 is 9.63 Å². The standard InChI is InChI=1S/C15H21N3O2S/c19-10-7-14-16-15(17-20-14)13-6-5-12(21-13)11-18-8-3-1-2-4-9-18/h5-6,19H,1-4,7-11H2. The highest BCUT2D eigenvalue weighted by molar-refractivity contribution is 7.15. The van der Waals surface area contributed by atoms with Gasteiger partial charge in [-0.05, 0) is 38.1 Å². The van der Waals surface area contributed by atoms with Gasteiger partial charge in [0, 0.05) is 11.4 Å². The number of likely N-dealkylation sites (tertiary alicyclic amines) is 1. The molecule has 2 aromatic heterocycles. The van der Waals surface area contributed by atoms with E-state index in [1.54, 1.807) is 11.3 Å². The average Bonchev–Trinajstić information content (AvgIpc) is 3.05. The van der Waals surface area contributed by atoms with Crippen molar-refractivity contribution in [3.8, 4) is 10.7 Å². The number of hydrogen-bond donors (Lipinski definition) is 1. The highest BCUT2D eigenvalue weighted by atomic mass is 32.1. The average molecular weight is 307 g/mol. The first-order valence-corrected chi connectivity index (χ1v) is 8.41. The van der Waals surface area contributed by atoms with Crippen LogP contribution in [0.1, 0.15) is 36.5 Å². The van der Waals surface area contributed by atoms with Crippen molar-refractivity contribution in [1.29, 1.82) is 0 Å². The van der Waals surface area contributed by atoms with Gasteiger partial charge in [0.05, 0.1) is 17.9 Å². The van der Waals surface area contributed by atoms with E-state index in [-0.39, 0.29) is 6.61 Å². The molecule has 0 saturated carbocycles. The van der Waals surface area contributed by atoms with Crippen LogP contribution in [-0.2, 0) is 13.0 Å². The lowest BCUT2D eigenvalue weighted by molar-refractivity contribution is 0.274. The van der Waals surface area contributed by atoms with Gasteiger partial charge in [0.25, 0.3) is 0 Å². The van der Waals surface area contributed by atoms with E-state index in [9.17, 15) is 0 Å². The molecule has 1 saturated heterocycles. The van der Waals surface area contributed by atoms with E-state index in [1.807, 2.05) is 0 Å². The fourth-order valence-electron chi connectivity index (χ4n) is 2.65. The van der Waals surface area contributed by atoms with Crippen molar-refractivity contribution in [2.24, 2.45) is 0 Å². The van der Waals surface area contributed by atoms with Crippen molar-refractivity contribution < 1.29 is 9.63 Å². The molecule has 0 spiro atoms. The Labute approximate surface area is 128 Å². The van der Waals surface area contributed by atoms with Gasteiger partial charge in [-0.2, -0.15) is 4.98 Å². The number of rotatable bonds is 5. The highest BCUT2D eigenvalue weighted by Gasteiger charge is 2.14. The largest absolute Gasteiger partial charge is 0.396 e. The second-order valence-electron chi connectivity index (χ2n) is 5.44. The Morgan fingerprint density at radius 2 is 2.00 bits per heavy atom. The van der Waals surface area contributed by atoms with Gasteiger partial charge >= 0.3 is 0 Å². The lowest BCUT2D eigenvalue weighted by Crippen LogP contribution is -2.23. The molecule has 21 heavy (non-hydrogen) atoms. The summed E-state index contributed by atoms with van der Waals surface area (Å²) < 4.78 is 5.11. The summed E-state index contributed by atoms with van der Waals surface area (Å²) in [5.74, 6) is 1.13. The molecule has 0 amide bonds. The van der Waals surface area contributed by atoms with E-state index in [2.05, 4.69) is 27.2 Å². The van der Waals surface area contributed by atoms with E-state index in [0.29, 0.717) is 18.1 Å². The fourth-order valence-corrected chi connectivity index (χ4v) is 3.63. The molecule has 5 nitrogen and oxygen atoms in total. The van der Waals surface area contributed by atoms with Crippen molar-refractivity contribution in [3.05, 3.63) is 22.9 Å². The van der Waals surface area contributed by atoms with Crippen molar-refractivity contribution in [2.75, 3.05) is 19.7 Å². The Morgan fingerprint density at radius 3 is 2.76 bits per heavy atom. The first-order valence-electron chi connectivity index (χ1n) is 7.60. The second kappa shape index (κ2) is 7.15. The molecule has 3 heterocycles. The van der Waals surface area contributed by atoms with Crippen LogP contribution in [0.5, 0.6) is 0 Å². The zero-order valence-electron chi connectivity index (χ0n) is 12.1. The second-order valence-corrected chi connectivity index (χ2v) is 6.61. The van der Waals surface area contributed by atoms with E-state index < -0.39 is 0 Å². The van der Waals surface area contributed by atoms with Crippen LogP contribution in [-0.4, -0.2) is 39.8 Å². The van der Waals surface area contributed by atoms with Crippen molar-refractivity contribution >= 4 is 11.3 Å². The predicted molar refractivity (Wildman–Crippen MR) is 82.1 cm³/mol. The highest BCUT2D eigenvalue weighted by Crippen LogP contribution is 2.27. The molecular formula is C15H21N3O2S. The van der Waals surface area contributed by atoms with Gasteiger partial charge in [-0.1, -0.05) is 18.0 Å². The summed E-state index contributed by atoms with van der Waals surface area (Å²) in [6, 6.07) is 4.22. The van der Waals surface area contributed by atoms with Crippen LogP contribution in [0.3, 0.4) is 0 Å². The zero-order valence-corrected chi connectivity index (χ0v) is 12.9. The first-order chi connectivity index (χ1) is 10.3. The third-order valence-corrected chi connectivity index (χ3v) is 4.82. The number of hydrogen-bond acceptors (Lipinski definition) is 6. The molecule has 1 aliphatic heterocycles. The van der Waals surface area contributed by atoms with Crippen molar-refractivity contribution in [2.45, 2.75) is 38.6 Å². The molecule has 3 rings (SSSR count). The molecule has 0 aromatic carbocycles. The van der Waals surface area contributed by atoms with Crippen LogP contribution in [0.2, 0.25) is 0 Å². The van der Waals surface area contributed by atoms with Crippen LogP contribution in [0.25, 0.3) is 10.7 Å². The Kier molecular flexibility index (Phi) is 5.00. The molecule has 0 aliphatic carbocycles. The molecule has 0 radical (unpaired) electrons. The smallest absolute Gasteiger partial charge is 0.229 e. The minimum Gasteiger partial charge on any atom is -0.396 e. The Morgan fingerprint density at radius 1 is 1.19 bits per heavy atom. The molecule has 0 unspecified atom stereocenters. The van der Waals surface area contributed by atoms with Crippen molar-refractivity contribution in [3.63, 3.8) is 0 Å². The number of aliphatic hydroxyl groups excluding tert-OH is 1. The summed E-state index contributed by atoms with van der Waals surface area (Å²) in [6.45, 7) is 3.46. The van der Waals surface area contributed by atoms with E-state index in [4.69, 9.17) is 9.63 Å². The zero-order chi connectivity index (χ0) is 14.5. The quantitative estimate of drug-likeness (QED) is 0.920. The minimum atomic E-state index is 0.0340. The summed E-state index contributed by atoms with van der Waals surface area (Å²) in [6.07, 6.45) is 5.77. The Bertz CT molecular complexity index is 559. The maximum atomic E-state index is 8.88. The van der Waals surface area contributed by atoms with E-state index in [1.165, 1.54) is 43.6 Å². The molecule has 0 bridgehead atoms. The van der Waals surface area contributed by atoms with Gasteiger partial charge in [0.15, 0.2) is 0 Å². The van der Waals surface area contributed by atoms with Crippen molar-refractivity contribution in [1.82, 2.24) is 15.0 Å². The van der Waals surface area contributed by atoms with E-state index >= 15 is 0 Å². The SMILES string of the molecule is OCCc1nc(-c2ccc(CN3CCCCCC3)s2)no1. The van der Waals surface area contributed by atoms with Crippen LogP contribution >= 0.6 is 11.3 Å². The lowest BCUT2D eigenvalue weighted by Gasteiger charge is -2.18. The van der Waals surface area contributed by atoms with Gasteiger partial charge in [0.1, 0.15) is 0 Å². The molecule has 114 valence electrons. The van der Waals surface area contributed by atoms with Crippen LogP contribution < -0.4 is 0 Å². The molecule has 1 aliphatic rings. The van der Waals surface area contributed by atoms with Gasteiger partial charge in [-0.3, -0.25) is 4.90 Å². The Hall–Kier alpha value is -1.24. The summed E-state index contributed by atoms with van der Waals surface area (Å²) in [5.41, 5.74) is 0. The van der Waals surface area contributed by atoms with Gasteiger partial charge in [-0.25, -0.2) is 0 Å². The lowest BCUT2D eigenvalue weighted by atomic mass is 10.2. The van der Waals surface area contributed by atoms with Crippen LogP contribution in [0, 0.1) is 0 Å². The normalized spacial score (nSPS) is 17.0. The molecule has 2 aromatic rings. The van der Waals surface area contributed by atoms with Crippen LogP contribution in [0.4, 0.5) is 0 Å². The maximum absolute atomic E-state index is 8.88. The topological polar surface area (TPSA) is 62.4 Å².